The number of hydrogen-bond acceptors (Lipinski definition) is 3. The molecule has 3 aromatic rings. The Kier molecular flexibility index (Phi) is 5.77. The summed E-state index contributed by atoms with van der Waals surface area (Å²) in [5.41, 5.74) is 2.75. The Hall–Kier alpha value is -2.70. The Bertz CT molecular complexity index is 1050. The molecule has 1 amide bonds. The lowest BCUT2D eigenvalue weighted by Crippen LogP contribution is -2.40. The fraction of sp³-hybridized carbons (Fsp3) is 0.304. The van der Waals surface area contributed by atoms with Crippen LogP contribution in [-0.2, 0) is 15.8 Å². The van der Waals surface area contributed by atoms with Crippen molar-refractivity contribution >= 4 is 36.6 Å². The molecule has 0 aliphatic carbocycles. The lowest BCUT2D eigenvalue weighted by Gasteiger charge is -2.36. The van der Waals surface area contributed by atoms with Crippen molar-refractivity contribution < 1.29 is 14.0 Å². The van der Waals surface area contributed by atoms with Crippen LogP contribution in [0.3, 0.4) is 0 Å². The molecule has 0 aliphatic rings. The van der Waals surface area contributed by atoms with Crippen LogP contribution in [0.1, 0.15) is 36.7 Å². The number of aromatic amines is 1. The van der Waals surface area contributed by atoms with E-state index in [1.165, 1.54) is 0 Å². The minimum Gasteiger partial charge on any atom is -0.413 e. The molecule has 1 heterocycles. The fourth-order valence-electron chi connectivity index (χ4n) is 2.79. The van der Waals surface area contributed by atoms with Crippen molar-refractivity contribution in [1.82, 2.24) is 4.98 Å². The predicted octanol–water partition coefficient (Wildman–Crippen LogP) is 5.51. The van der Waals surface area contributed by atoms with Crippen molar-refractivity contribution in [3.05, 3.63) is 65.9 Å². The van der Waals surface area contributed by atoms with Gasteiger partial charge in [-0.25, -0.2) is 0 Å². The van der Waals surface area contributed by atoms with E-state index in [1.54, 1.807) is 12.3 Å². The monoisotopic (exact) mass is 408 g/mol. The first-order chi connectivity index (χ1) is 13.6. The molecule has 0 fully saturated rings. The number of anilines is 1. The molecule has 0 atom stereocenters. The number of carbonyl (C=O) groups is 2. The molecule has 2 N–H and O–H groups in total. The van der Waals surface area contributed by atoms with E-state index < -0.39 is 20.0 Å². The summed E-state index contributed by atoms with van der Waals surface area (Å²) in [6.45, 7) is 11.5. The standard InChI is InChI=1S/C23H28N2O3Si/c1-23(2,3)29(4,5)28-15-16-9-8-10-17(13-16)25-22(27)21(26)19-14-24-20-12-7-6-11-18(19)20/h6-14,24H,15H2,1-5H3,(H,25,27). The van der Waals surface area contributed by atoms with E-state index in [2.05, 4.69) is 44.2 Å². The van der Waals surface area contributed by atoms with Gasteiger partial charge in [-0.2, -0.15) is 0 Å². The highest BCUT2D eigenvalue weighted by atomic mass is 28.4. The van der Waals surface area contributed by atoms with Gasteiger partial charge in [-0.15, -0.1) is 0 Å². The van der Waals surface area contributed by atoms with Crippen LogP contribution in [0.25, 0.3) is 10.9 Å². The van der Waals surface area contributed by atoms with Crippen molar-refractivity contribution in [2.24, 2.45) is 0 Å². The molecule has 3 rings (SSSR count). The molecule has 0 aliphatic heterocycles. The minimum absolute atomic E-state index is 0.130. The van der Waals surface area contributed by atoms with E-state index in [1.807, 2.05) is 42.5 Å². The van der Waals surface area contributed by atoms with Gasteiger partial charge in [0.2, 0.25) is 0 Å². The zero-order valence-electron chi connectivity index (χ0n) is 17.6. The maximum atomic E-state index is 12.6. The van der Waals surface area contributed by atoms with Crippen LogP contribution >= 0.6 is 0 Å². The molecule has 152 valence electrons. The van der Waals surface area contributed by atoms with Gasteiger partial charge in [-0.05, 0) is 41.9 Å². The number of para-hydroxylation sites is 1. The smallest absolute Gasteiger partial charge is 0.296 e. The Labute approximate surface area is 172 Å². The van der Waals surface area contributed by atoms with Crippen LogP contribution in [0.4, 0.5) is 5.69 Å². The van der Waals surface area contributed by atoms with Crippen molar-refractivity contribution in [2.45, 2.75) is 45.5 Å². The second-order valence-electron chi connectivity index (χ2n) is 8.78. The van der Waals surface area contributed by atoms with Gasteiger partial charge in [0, 0.05) is 22.8 Å². The van der Waals surface area contributed by atoms with E-state index in [9.17, 15) is 9.59 Å². The second kappa shape index (κ2) is 7.97. The number of amides is 1. The zero-order valence-corrected chi connectivity index (χ0v) is 18.6. The molecule has 0 unspecified atom stereocenters. The number of Topliss-reactive ketones (excluding diaryl/α,β-unsaturated/α-hetero) is 1. The first-order valence-electron chi connectivity index (χ1n) is 9.73. The van der Waals surface area contributed by atoms with Gasteiger partial charge >= 0.3 is 0 Å². The van der Waals surface area contributed by atoms with Crippen molar-refractivity contribution in [3.63, 3.8) is 0 Å². The molecule has 0 radical (unpaired) electrons. The summed E-state index contributed by atoms with van der Waals surface area (Å²) in [6.07, 6.45) is 1.58. The van der Waals surface area contributed by atoms with Crippen molar-refractivity contribution in [2.75, 3.05) is 5.32 Å². The summed E-state index contributed by atoms with van der Waals surface area (Å²) >= 11 is 0. The minimum atomic E-state index is -1.86. The Morgan fingerprint density at radius 2 is 1.79 bits per heavy atom. The van der Waals surface area contributed by atoms with E-state index >= 15 is 0 Å². The van der Waals surface area contributed by atoms with Gasteiger partial charge in [-0.3, -0.25) is 9.59 Å². The van der Waals surface area contributed by atoms with Crippen LogP contribution in [-0.4, -0.2) is 25.0 Å². The summed E-state index contributed by atoms with van der Waals surface area (Å²) in [7, 11) is -1.86. The number of benzene rings is 2. The summed E-state index contributed by atoms with van der Waals surface area (Å²) < 4.78 is 6.25. The molecule has 5 nitrogen and oxygen atoms in total. The molecule has 6 heteroatoms. The third-order valence-corrected chi connectivity index (χ3v) is 10.1. The highest BCUT2D eigenvalue weighted by Crippen LogP contribution is 2.37. The second-order valence-corrected chi connectivity index (χ2v) is 13.6. The molecule has 29 heavy (non-hydrogen) atoms. The van der Waals surface area contributed by atoms with Crippen LogP contribution in [0.5, 0.6) is 0 Å². The lowest BCUT2D eigenvalue weighted by atomic mass is 10.1. The first-order valence-corrected chi connectivity index (χ1v) is 12.6. The quantitative estimate of drug-likeness (QED) is 0.321. The van der Waals surface area contributed by atoms with Gasteiger partial charge in [0.1, 0.15) is 0 Å². The molecule has 2 aromatic carbocycles. The largest absolute Gasteiger partial charge is 0.413 e. The molecule has 0 saturated heterocycles. The third-order valence-electron chi connectivity index (χ3n) is 5.63. The van der Waals surface area contributed by atoms with E-state index in [0.717, 1.165) is 16.5 Å². The summed E-state index contributed by atoms with van der Waals surface area (Å²) in [5.74, 6) is -1.22. The third kappa shape index (κ3) is 4.66. The van der Waals surface area contributed by atoms with E-state index in [0.29, 0.717) is 17.9 Å². The van der Waals surface area contributed by atoms with Crippen molar-refractivity contribution in [3.8, 4) is 0 Å². The highest BCUT2D eigenvalue weighted by molar-refractivity contribution is 6.74. The molecule has 1 aromatic heterocycles. The number of hydrogen-bond donors (Lipinski definition) is 2. The lowest BCUT2D eigenvalue weighted by molar-refractivity contribution is -0.112. The molecule has 0 bridgehead atoms. The Morgan fingerprint density at radius 3 is 2.52 bits per heavy atom. The molecule has 0 spiro atoms. The SMILES string of the molecule is CC(C)(C)[Si](C)(C)OCc1cccc(NC(=O)C(=O)c2c[nH]c3ccccc23)c1. The van der Waals surface area contributed by atoms with Crippen molar-refractivity contribution in [1.29, 1.82) is 0 Å². The Morgan fingerprint density at radius 1 is 1.07 bits per heavy atom. The van der Waals surface area contributed by atoms with Crippen LogP contribution < -0.4 is 5.32 Å². The molecular formula is C23H28N2O3Si. The van der Waals surface area contributed by atoms with E-state index in [-0.39, 0.29) is 5.04 Å². The molecule has 0 saturated carbocycles. The first kappa shape index (κ1) is 21.0. The van der Waals surface area contributed by atoms with Gasteiger partial charge in [0.05, 0.1) is 12.2 Å². The van der Waals surface area contributed by atoms with Crippen LogP contribution in [0.2, 0.25) is 18.1 Å². The number of H-pyrrole nitrogens is 1. The number of ketones is 1. The highest BCUT2D eigenvalue weighted by Gasteiger charge is 2.37. The number of carbonyl (C=O) groups excluding carboxylic acids is 2. The Balaban J connectivity index is 1.70. The average Bonchev–Trinajstić information content (AvgIpc) is 3.09. The van der Waals surface area contributed by atoms with E-state index in [4.69, 9.17) is 4.43 Å². The number of aromatic nitrogens is 1. The maximum absolute atomic E-state index is 12.6. The number of rotatable bonds is 6. The number of nitrogens with one attached hydrogen (secondary N) is 2. The summed E-state index contributed by atoms with van der Waals surface area (Å²) in [6, 6.07) is 14.9. The number of fused-ring (bicyclic) bond motifs is 1. The summed E-state index contributed by atoms with van der Waals surface area (Å²) in [4.78, 5) is 28.2. The fourth-order valence-corrected chi connectivity index (χ4v) is 3.75. The predicted molar refractivity (Wildman–Crippen MR) is 120 cm³/mol. The van der Waals surface area contributed by atoms with Gasteiger partial charge < -0.3 is 14.7 Å². The maximum Gasteiger partial charge on any atom is 0.296 e. The van der Waals surface area contributed by atoms with Crippen LogP contribution in [0, 0.1) is 0 Å². The van der Waals surface area contributed by atoms with Gasteiger partial charge in [0.25, 0.3) is 11.7 Å². The topological polar surface area (TPSA) is 71.2 Å². The van der Waals surface area contributed by atoms with Gasteiger partial charge in [0.15, 0.2) is 8.32 Å². The summed E-state index contributed by atoms with van der Waals surface area (Å²) in [5, 5.41) is 3.59. The molecular weight excluding hydrogens is 380 g/mol. The normalized spacial score (nSPS) is 12.2. The zero-order chi connectivity index (χ0) is 21.2. The van der Waals surface area contributed by atoms with Gasteiger partial charge in [-0.1, -0.05) is 51.1 Å². The average molecular weight is 409 g/mol. The van der Waals surface area contributed by atoms with Crippen LogP contribution in [0.15, 0.2) is 54.7 Å².